The average molecular weight is 117 g/mol. The third kappa shape index (κ3) is 1.88. The van der Waals surface area contributed by atoms with Gasteiger partial charge in [0.1, 0.15) is 0 Å². The fourth-order valence-corrected chi connectivity index (χ4v) is 0.484. The van der Waals surface area contributed by atoms with E-state index < -0.39 is 0 Å². The molecule has 4 nitrogen and oxygen atoms in total. The lowest BCUT2D eigenvalue weighted by Gasteiger charge is -1.85. The van der Waals surface area contributed by atoms with Crippen LogP contribution in [-0.4, -0.2) is 24.2 Å². The van der Waals surface area contributed by atoms with E-state index in [4.69, 9.17) is 4.74 Å². The van der Waals surface area contributed by atoms with Gasteiger partial charge in [0, 0.05) is 11.3 Å². The molecule has 0 aromatic heterocycles. The molecule has 1 rings (SSSR count). The highest BCUT2D eigenvalue weighted by Gasteiger charge is 2.23. The van der Waals surface area contributed by atoms with Crippen molar-refractivity contribution in [1.29, 1.82) is 0 Å². The molecule has 1 aliphatic heterocycles. The molecule has 1 atom stereocenters. The second-order valence-corrected chi connectivity index (χ2v) is 1.80. The van der Waals surface area contributed by atoms with Crippen LogP contribution < -0.4 is 0 Å². The smallest absolute Gasteiger partial charge is 0.206 e. The number of nitro groups is 1. The van der Waals surface area contributed by atoms with Crippen LogP contribution in [0.25, 0.3) is 0 Å². The van der Waals surface area contributed by atoms with Crippen LogP contribution in [-0.2, 0) is 4.74 Å². The number of epoxide rings is 1. The standard InChI is InChI=1S/C4H7NO3/c6-5(7)2-1-4-3-8-4/h4H,1-3H2. The summed E-state index contributed by atoms with van der Waals surface area (Å²) in [5.74, 6) is 0. The van der Waals surface area contributed by atoms with Crippen LogP contribution in [0, 0.1) is 10.1 Å². The second-order valence-electron chi connectivity index (χ2n) is 1.80. The van der Waals surface area contributed by atoms with Gasteiger partial charge in [-0.3, -0.25) is 10.1 Å². The summed E-state index contributed by atoms with van der Waals surface area (Å²) < 4.78 is 4.75. The first kappa shape index (κ1) is 5.50. The van der Waals surface area contributed by atoms with Gasteiger partial charge < -0.3 is 4.74 Å². The van der Waals surface area contributed by atoms with Crippen LogP contribution >= 0.6 is 0 Å². The number of nitrogens with zero attached hydrogens (tertiary/aromatic N) is 1. The second kappa shape index (κ2) is 2.09. The van der Waals surface area contributed by atoms with Crippen LogP contribution in [0.1, 0.15) is 6.42 Å². The van der Waals surface area contributed by atoms with Gasteiger partial charge in [0.05, 0.1) is 12.7 Å². The lowest BCUT2D eigenvalue weighted by atomic mass is 10.3. The van der Waals surface area contributed by atoms with Crippen molar-refractivity contribution in [1.82, 2.24) is 0 Å². The van der Waals surface area contributed by atoms with Crippen molar-refractivity contribution in [2.75, 3.05) is 13.2 Å². The summed E-state index contributed by atoms with van der Waals surface area (Å²) in [7, 11) is 0. The molecule has 0 radical (unpaired) electrons. The van der Waals surface area contributed by atoms with Crippen molar-refractivity contribution < 1.29 is 9.66 Å². The topological polar surface area (TPSA) is 55.7 Å². The maximum atomic E-state index is 9.68. The van der Waals surface area contributed by atoms with Crippen LogP contribution in [0.15, 0.2) is 0 Å². The van der Waals surface area contributed by atoms with Crippen molar-refractivity contribution in [3.63, 3.8) is 0 Å². The number of ether oxygens (including phenoxy) is 1. The maximum Gasteiger partial charge on any atom is 0.206 e. The molecule has 0 aromatic rings. The Morgan fingerprint density at radius 1 is 1.88 bits per heavy atom. The Kier molecular flexibility index (Phi) is 1.43. The molecule has 4 heteroatoms. The van der Waals surface area contributed by atoms with Crippen LogP contribution in [0.2, 0.25) is 0 Å². The average Bonchev–Trinajstić information content (AvgIpc) is 2.41. The third-order valence-electron chi connectivity index (χ3n) is 1.04. The van der Waals surface area contributed by atoms with Crippen molar-refractivity contribution in [3.8, 4) is 0 Å². The Balaban J connectivity index is 1.95. The van der Waals surface area contributed by atoms with Gasteiger partial charge >= 0.3 is 0 Å². The zero-order valence-corrected chi connectivity index (χ0v) is 4.37. The van der Waals surface area contributed by atoms with Gasteiger partial charge in [0.25, 0.3) is 0 Å². The summed E-state index contributed by atoms with van der Waals surface area (Å²) in [6, 6.07) is 0. The van der Waals surface area contributed by atoms with E-state index >= 15 is 0 Å². The van der Waals surface area contributed by atoms with Gasteiger partial charge in [-0.1, -0.05) is 0 Å². The van der Waals surface area contributed by atoms with Crippen molar-refractivity contribution in [2.45, 2.75) is 12.5 Å². The molecule has 0 spiro atoms. The Hall–Kier alpha value is -0.640. The number of rotatable bonds is 3. The van der Waals surface area contributed by atoms with E-state index in [1.54, 1.807) is 0 Å². The fourth-order valence-electron chi connectivity index (χ4n) is 0.484. The van der Waals surface area contributed by atoms with E-state index in [9.17, 15) is 10.1 Å². The first-order chi connectivity index (χ1) is 3.79. The molecule has 0 N–H and O–H groups in total. The first-order valence-corrected chi connectivity index (χ1v) is 2.52. The summed E-state index contributed by atoms with van der Waals surface area (Å²) >= 11 is 0. The molecule has 0 amide bonds. The molecule has 1 aliphatic rings. The zero-order valence-electron chi connectivity index (χ0n) is 4.37. The lowest BCUT2D eigenvalue weighted by molar-refractivity contribution is -0.480. The summed E-state index contributed by atoms with van der Waals surface area (Å²) in [5, 5.41) is 9.68. The molecule has 0 aromatic carbocycles. The number of hydrogen-bond acceptors (Lipinski definition) is 3. The summed E-state index contributed by atoms with van der Waals surface area (Å²) in [4.78, 5) is 9.36. The predicted octanol–water partition coefficient (Wildman–Crippen LogP) is 0.0520. The highest BCUT2D eigenvalue weighted by atomic mass is 16.6. The first-order valence-electron chi connectivity index (χ1n) is 2.52. The summed E-state index contributed by atoms with van der Waals surface area (Å²) in [6.07, 6.45) is 0.771. The molecule has 8 heavy (non-hydrogen) atoms. The van der Waals surface area contributed by atoms with Crippen LogP contribution in [0.5, 0.6) is 0 Å². The van der Waals surface area contributed by atoms with Crippen molar-refractivity contribution in [3.05, 3.63) is 10.1 Å². The molecular weight excluding hydrogens is 110 g/mol. The quantitative estimate of drug-likeness (QED) is 0.298. The van der Waals surface area contributed by atoms with Gasteiger partial charge in [0.15, 0.2) is 0 Å². The van der Waals surface area contributed by atoms with Crippen LogP contribution in [0.3, 0.4) is 0 Å². The van der Waals surface area contributed by atoms with Crippen molar-refractivity contribution in [2.24, 2.45) is 0 Å². The molecule has 1 saturated heterocycles. The van der Waals surface area contributed by atoms with E-state index in [1.165, 1.54) is 0 Å². The maximum absolute atomic E-state index is 9.68. The third-order valence-corrected chi connectivity index (χ3v) is 1.04. The molecule has 1 unspecified atom stereocenters. The summed E-state index contributed by atoms with van der Waals surface area (Å²) in [5.41, 5.74) is 0. The molecule has 1 heterocycles. The predicted molar refractivity (Wildman–Crippen MR) is 26.2 cm³/mol. The highest BCUT2D eigenvalue weighted by Crippen LogP contribution is 2.12. The van der Waals surface area contributed by atoms with E-state index in [2.05, 4.69) is 0 Å². The monoisotopic (exact) mass is 117 g/mol. The molecule has 0 bridgehead atoms. The highest BCUT2D eigenvalue weighted by molar-refractivity contribution is 4.67. The Bertz CT molecular complexity index is 99.5. The minimum Gasteiger partial charge on any atom is -0.373 e. The molecule has 1 fully saturated rings. The van der Waals surface area contributed by atoms with Gasteiger partial charge in [-0.15, -0.1) is 0 Å². The van der Waals surface area contributed by atoms with Crippen molar-refractivity contribution >= 4 is 0 Å². The minimum atomic E-state index is -0.318. The zero-order chi connectivity index (χ0) is 5.98. The summed E-state index contributed by atoms with van der Waals surface area (Å²) in [6.45, 7) is 0.762. The molecular formula is C4H7NO3. The lowest BCUT2D eigenvalue weighted by Crippen LogP contribution is -2.03. The van der Waals surface area contributed by atoms with Crippen LogP contribution in [0.4, 0.5) is 0 Å². The van der Waals surface area contributed by atoms with Gasteiger partial charge in [-0.2, -0.15) is 0 Å². The Morgan fingerprint density at radius 3 is 2.88 bits per heavy atom. The SMILES string of the molecule is O=[N+]([O-])CCC1CO1. The van der Waals surface area contributed by atoms with E-state index in [0.29, 0.717) is 13.0 Å². The van der Waals surface area contributed by atoms with Gasteiger partial charge in [-0.25, -0.2) is 0 Å². The van der Waals surface area contributed by atoms with E-state index in [0.717, 1.165) is 0 Å². The largest absolute Gasteiger partial charge is 0.373 e. The molecule has 0 aliphatic carbocycles. The Morgan fingerprint density at radius 2 is 2.50 bits per heavy atom. The van der Waals surface area contributed by atoms with E-state index in [1.807, 2.05) is 0 Å². The normalized spacial score (nSPS) is 25.2. The van der Waals surface area contributed by atoms with Gasteiger partial charge in [0.2, 0.25) is 6.54 Å². The number of hydrogen-bond donors (Lipinski definition) is 0. The fraction of sp³-hybridized carbons (Fsp3) is 1.00. The molecule has 46 valence electrons. The van der Waals surface area contributed by atoms with Gasteiger partial charge in [-0.05, 0) is 0 Å². The van der Waals surface area contributed by atoms with E-state index in [-0.39, 0.29) is 17.6 Å². The molecule has 0 saturated carbocycles. The Labute approximate surface area is 46.6 Å². The minimum absolute atomic E-state index is 0.0463.